The molecule has 0 aromatic heterocycles. The highest BCUT2D eigenvalue weighted by molar-refractivity contribution is 4.94. The average Bonchev–Trinajstić information content (AvgIpc) is 2.13. The number of hydrogen-bond donors (Lipinski definition) is 0. The summed E-state index contributed by atoms with van der Waals surface area (Å²) >= 11 is 0. The van der Waals surface area contributed by atoms with Crippen LogP contribution in [-0.4, -0.2) is 6.17 Å². The van der Waals surface area contributed by atoms with Crippen molar-refractivity contribution in [1.82, 2.24) is 0 Å². The molecule has 8 heavy (non-hydrogen) atoms. The van der Waals surface area contributed by atoms with Gasteiger partial charge in [-0.2, -0.15) is 0 Å². The van der Waals surface area contributed by atoms with E-state index < -0.39 is 6.17 Å². The second kappa shape index (κ2) is 1.46. The quantitative estimate of drug-likeness (QED) is 0.456. The van der Waals surface area contributed by atoms with E-state index >= 15 is 0 Å². The fourth-order valence-electron chi connectivity index (χ4n) is 1.06. The van der Waals surface area contributed by atoms with E-state index in [4.69, 9.17) is 0 Å². The van der Waals surface area contributed by atoms with E-state index in [-0.39, 0.29) is 5.41 Å². The summed E-state index contributed by atoms with van der Waals surface area (Å²) in [6, 6.07) is 0. The van der Waals surface area contributed by atoms with Crippen molar-refractivity contribution in [3.8, 4) is 0 Å². The van der Waals surface area contributed by atoms with Gasteiger partial charge in [0.25, 0.3) is 0 Å². The molecule has 0 amide bonds. The predicted octanol–water partition coefficient (Wildman–Crippen LogP) is 2.39. The number of hydrogen-bond acceptors (Lipinski definition) is 0. The van der Waals surface area contributed by atoms with Gasteiger partial charge in [0.1, 0.15) is 6.17 Å². The van der Waals surface area contributed by atoms with E-state index in [9.17, 15) is 4.39 Å². The van der Waals surface area contributed by atoms with Gasteiger partial charge in [0.2, 0.25) is 0 Å². The van der Waals surface area contributed by atoms with E-state index in [0.717, 1.165) is 6.42 Å². The van der Waals surface area contributed by atoms with Gasteiger partial charge < -0.3 is 0 Å². The summed E-state index contributed by atoms with van der Waals surface area (Å²) in [5.74, 6) is 0.350. The Morgan fingerprint density at radius 1 is 1.38 bits per heavy atom. The third kappa shape index (κ3) is 1.01. The van der Waals surface area contributed by atoms with Crippen LogP contribution in [-0.2, 0) is 0 Å². The van der Waals surface area contributed by atoms with Crippen molar-refractivity contribution in [2.75, 3.05) is 0 Å². The molecule has 1 heteroatoms. The molecule has 2 atom stereocenters. The third-order valence-corrected chi connectivity index (χ3v) is 1.82. The minimum atomic E-state index is -0.491. The fourth-order valence-corrected chi connectivity index (χ4v) is 1.06. The summed E-state index contributed by atoms with van der Waals surface area (Å²) in [5.41, 5.74) is 0.208. The molecule has 1 fully saturated rings. The SMILES string of the molecule is CC(C)(C)C1CC1F. The Kier molecular flexibility index (Phi) is 1.10. The molecule has 1 saturated carbocycles. The normalized spacial score (nSPS) is 37.5. The first-order valence-electron chi connectivity index (χ1n) is 3.16. The van der Waals surface area contributed by atoms with E-state index in [1.807, 2.05) is 0 Å². The van der Waals surface area contributed by atoms with Crippen LogP contribution in [0.15, 0.2) is 0 Å². The Hall–Kier alpha value is -0.0700. The summed E-state index contributed by atoms with van der Waals surface area (Å²) in [4.78, 5) is 0. The predicted molar refractivity (Wildman–Crippen MR) is 32.5 cm³/mol. The molecule has 0 aromatic rings. The maximum absolute atomic E-state index is 12.3. The van der Waals surface area contributed by atoms with Crippen LogP contribution in [0, 0.1) is 11.3 Å². The number of alkyl halides is 1. The Morgan fingerprint density at radius 3 is 1.75 bits per heavy atom. The van der Waals surface area contributed by atoms with Gasteiger partial charge in [0.05, 0.1) is 0 Å². The van der Waals surface area contributed by atoms with Crippen LogP contribution in [0.25, 0.3) is 0 Å². The average molecular weight is 116 g/mol. The maximum Gasteiger partial charge on any atom is 0.104 e. The van der Waals surface area contributed by atoms with Crippen molar-refractivity contribution in [2.24, 2.45) is 11.3 Å². The summed E-state index contributed by atoms with van der Waals surface area (Å²) in [6.07, 6.45) is 0.304. The lowest BCUT2D eigenvalue weighted by molar-refractivity contribution is 0.297. The molecule has 1 aliphatic carbocycles. The molecule has 0 saturated heterocycles. The van der Waals surface area contributed by atoms with Gasteiger partial charge in [-0.3, -0.25) is 0 Å². The Bertz CT molecular complexity index is 91.1. The van der Waals surface area contributed by atoms with Crippen molar-refractivity contribution < 1.29 is 4.39 Å². The fraction of sp³-hybridized carbons (Fsp3) is 1.00. The molecule has 0 radical (unpaired) electrons. The van der Waals surface area contributed by atoms with Gasteiger partial charge in [-0.05, 0) is 17.8 Å². The number of halogens is 1. The molecule has 0 nitrogen and oxygen atoms in total. The number of rotatable bonds is 0. The molecule has 1 rings (SSSR count). The van der Waals surface area contributed by atoms with Crippen molar-refractivity contribution >= 4 is 0 Å². The lowest BCUT2D eigenvalue weighted by Crippen LogP contribution is -2.09. The van der Waals surface area contributed by atoms with Gasteiger partial charge in [-0.25, -0.2) is 4.39 Å². The molecular weight excluding hydrogens is 103 g/mol. The van der Waals surface area contributed by atoms with Crippen molar-refractivity contribution in [3.05, 3.63) is 0 Å². The molecule has 0 heterocycles. The molecule has 0 aliphatic heterocycles. The largest absolute Gasteiger partial charge is 0.247 e. The van der Waals surface area contributed by atoms with Crippen LogP contribution in [0.4, 0.5) is 4.39 Å². The molecule has 2 unspecified atom stereocenters. The minimum Gasteiger partial charge on any atom is -0.247 e. The second-order valence-corrected chi connectivity index (χ2v) is 3.72. The van der Waals surface area contributed by atoms with Crippen LogP contribution in [0.5, 0.6) is 0 Å². The summed E-state index contributed by atoms with van der Waals surface area (Å²) in [6.45, 7) is 6.28. The molecule has 0 bridgehead atoms. The van der Waals surface area contributed by atoms with Gasteiger partial charge in [-0.15, -0.1) is 0 Å². The third-order valence-electron chi connectivity index (χ3n) is 1.82. The Morgan fingerprint density at radius 2 is 1.75 bits per heavy atom. The smallest absolute Gasteiger partial charge is 0.104 e. The zero-order valence-corrected chi connectivity index (χ0v) is 5.74. The molecule has 0 N–H and O–H groups in total. The van der Waals surface area contributed by atoms with Crippen LogP contribution >= 0.6 is 0 Å². The van der Waals surface area contributed by atoms with Crippen LogP contribution in [0.2, 0.25) is 0 Å². The maximum atomic E-state index is 12.3. The first kappa shape index (κ1) is 6.06. The monoisotopic (exact) mass is 116 g/mol. The first-order chi connectivity index (χ1) is 3.52. The standard InChI is InChI=1S/C7H13F/c1-7(2,3)5-4-6(5)8/h5-6H,4H2,1-3H3. The van der Waals surface area contributed by atoms with Gasteiger partial charge in [0.15, 0.2) is 0 Å². The zero-order chi connectivity index (χ0) is 6.36. The van der Waals surface area contributed by atoms with Crippen LogP contribution < -0.4 is 0 Å². The van der Waals surface area contributed by atoms with Gasteiger partial charge in [0, 0.05) is 0 Å². The summed E-state index contributed by atoms with van der Waals surface area (Å²) in [7, 11) is 0. The molecular formula is C7H13F. The van der Waals surface area contributed by atoms with E-state index in [0.29, 0.717) is 5.92 Å². The highest BCUT2D eigenvalue weighted by Crippen LogP contribution is 2.47. The zero-order valence-electron chi connectivity index (χ0n) is 5.74. The second-order valence-electron chi connectivity index (χ2n) is 3.72. The van der Waals surface area contributed by atoms with Crippen LogP contribution in [0.1, 0.15) is 27.2 Å². The van der Waals surface area contributed by atoms with Crippen molar-refractivity contribution in [3.63, 3.8) is 0 Å². The van der Waals surface area contributed by atoms with Gasteiger partial charge >= 0.3 is 0 Å². The lowest BCUT2D eigenvalue weighted by Gasteiger charge is -2.15. The van der Waals surface area contributed by atoms with Crippen molar-refractivity contribution in [2.45, 2.75) is 33.4 Å². The Balaban J connectivity index is 2.39. The lowest BCUT2D eigenvalue weighted by atomic mass is 9.90. The minimum absolute atomic E-state index is 0.208. The highest BCUT2D eigenvalue weighted by Gasteiger charge is 2.45. The van der Waals surface area contributed by atoms with E-state index in [2.05, 4.69) is 20.8 Å². The van der Waals surface area contributed by atoms with E-state index in [1.54, 1.807) is 0 Å². The first-order valence-corrected chi connectivity index (χ1v) is 3.16. The molecule has 0 aromatic carbocycles. The molecule has 0 spiro atoms. The summed E-state index contributed by atoms with van der Waals surface area (Å²) in [5, 5.41) is 0. The molecule has 1 aliphatic rings. The topological polar surface area (TPSA) is 0 Å². The van der Waals surface area contributed by atoms with Crippen molar-refractivity contribution in [1.29, 1.82) is 0 Å². The highest BCUT2D eigenvalue weighted by atomic mass is 19.1. The van der Waals surface area contributed by atoms with E-state index in [1.165, 1.54) is 0 Å². The Labute approximate surface area is 50.1 Å². The van der Waals surface area contributed by atoms with Crippen LogP contribution in [0.3, 0.4) is 0 Å². The van der Waals surface area contributed by atoms with Gasteiger partial charge in [-0.1, -0.05) is 20.8 Å². The molecule has 48 valence electrons. The summed E-state index contributed by atoms with van der Waals surface area (Å²) < 4.78 is 12.3.